The first-order valence-electron chi connectivity index (χ1n) is 9.75. The molecule has 0 fully saturated rings. The van der Waals surface area contributed by atoms with Gasteiger partial charge in [0.2, 0.25) is 11.4 Å². The lowest BCUT2D eigenvalue weighted by atomic mass is 9.85. The number of hydrogen-bond donors (Lipinski definition) is 1. The van der Waals surface area contributed by atoms with Crippen LogP contribution in [0.2, 0.25) is 0 Å². The molecule has 7 nitrogen and oxygen atoms in total. The second kappa shape index (κ2) is 6.89. The minimum absolute atomic E-state index is 0.0447. The molecule has 2 aromatic carbocycles. The first-order valence-corrected chi connectivity index (χ1v) is 9.75. The number of fused-ring (bicyclic) bond motifs is 3. The third-order valence-electron chi connectivity index (χ3n) is 5.59. The van der Waals surface area contributed by atoms with Crippen LogP contribution < -0.4 is 22.3 Å². The summed E-state index contributed by atoms with van der Waals surface area (Å²) in [5, 5.41) is 10.3. The molecule has 31 heavy (non-hydrogen) atoms. The third kappa shape index (κ3) is 2.81. The number of nitrogens with two attached hydrogens (primary N) is 1. The van der Waals surface area contributed by atoms with Gasteiger partial charge in [-0.15, -0.1) is 0 Å². The van der Waals surface area contributed by atoms with Crippen LogP contribution in [0.15, 0.2) is 62.2 Å². The van der Waals surface area contributed by atoms with E-state index < -0.39 is 11.5 Å². The van der Waals surface area contributed by atoms with E-state index in [4.69, 9.17) is 14.6 Å². The van der Waals surface area contributed by atoms with Gasteiger partial charge in [0.05, 0.1) is 5.92 Å². The van der Waals surface area contributed by atoms with Crippen molar-refractivity contribution < 1.29 is 8.83 Å². The molecule has 1 aliphatic rings. The van der Waals surface area contributed by atoms with E-state index in [0.29, 0.717) is 5.69 Å². The average Bonchev–Trinajstić information content (AvgIpc) is 3.28. The van der Waals surface area contributed by atoms with Gasteiger partial charge < -0.3 is 14.6 Å². The van der Waals surface area contributed by atoms with Crippen LogP contribution in [0.1, 0.15) is 33.9 Å². The van der Waals surface area contributed by atoms with Crippen molar-refractivity contribution in [2.45, 2.75) is 19.8 Å². The number of benzene rings is 2. The highest BCUT2D eigenvalue weighted by Crippen LogP contribution is 2.38. The Labute approximate surface area is 177 Å². The number of hydrogen-bond acceptors (Lipinski definition) is 6. The molecule has 7 heteroatoms. The fourth-order valence-corrected chi connectivity index (χ4v) is 4.06. The summed E-state index contributed by atoms with van der Waals surface area (Å²) in [6.07, 6.45) is 1.72. The monoisotopic (exact) mass is 410 g/mol. The highest BCUT2D eigenvalue weighted by molar-refractivity contribution is 5.73. The van der Waals surface area contributed by atoms with Crippen LogP contribution in [0.3, 0.4) is 0 Å². The summed E-state index contributed by atoms with van der Waals surface area (Å²) in [4.78, 5) is 17.3. The molecule has 0 bridgehead atoms. The third-order valence-corrected chi connectivity index (χ3v) is 5.59. The number of nitrogens with zero attached hydrogens (tertiary/aromatic N) is 3. The standard InChI is InChI=1S/C24H18N4O3/c1-13-7-3-5-9-15(13)11-18-23(29)30-21-17(12-25)19(16-10-6-4-8-14(16)2)20-22(28(18)21)31-24(26)27-20/h3-11,19H,1-2H3,(H2,26,27)/b18-11+/t19-/m0/s1. The van der Waals surface area contributed by atoms with E-state index in [1.807, 2.05) is 62.4 Å². The molecule has 5 rings (SSSR count). The van der Waals surface area contributed by atoms with Gasteiger partial charge in [-0.2, -0.15) is 10.2 Å². The van der Waals surface area contributed by atoms with Crippen LogP contribution in [-0.4, -0.2) is 9.55 Å². The van der Waals surface area contributed by atoms with Gasteiger partial charge in [-0.1, -0.05) is 48.5 Å². The van der Waals surface area contributed by atoms with E-state index in [-0.39, 0.29) is 28.4 Å². The predicted molar refractivity (Wildman–Crippen MR) is 115 cm³/mol. The van der Waals surface area contributed by atoms with Crippen molar-refractivity contribution >= 4 is 17.7 Å². The van der Waals surface area contributed by atoms with Gasteiger partial charge in [0.1, 0.15) is 22.7 Å². The number of nitriles is 1. The van der Waals surface area contributed by atoms with E-state index in [1.165, 1.54) is 4.57 Å². The van der Waals surface area contributed by atoms with Crippen LogP contribution in [0.25, 0.3) is 17.5 Å². The largest absolute Gasteiger partial charge is 0.406 e. The quantitative estimate of drug-likeness (QED) is 0.543. The molecule has 0 saturated heterocycles. The normalized spacial score (nSPS) is 15.5. The van der Waals surface area contributed by atoms with Gasteiger partial charge in [-0.3, -0.25) is 0 Å². The number of aryl methyl sites for hydroxylation is 2. The topological polar surface area (TPSA) is 111 Å². The molecular formula is C24H18N4O3. The fraction of sp³-hybridized carbons (Fsp3) is 0.125. The van der Waals surface area contributed by atoms with Gasteiger partial charge in [-0.05, 0) is 42.2 Å². The molecule has 0 unspecified atom stereocenters. The van der Waals surface area contributed by atoms with Crippen molar-refractivity contribution in [1.29, 1.82) is 5.26 Å². The van der Waals surface area contributed by atoms with E-state index in [9.17, 15) is 10.1 Å². The lowest BCUT2D eigenvalue weighted by Gasteiger charge is -2.20. The highest BCUT2D eigenvalue weighted by Gasteiger charge is 2.36. The summed E-state index contributed by atoms with van der Waals surface area (Å²) < 4.78 is 12.8. The molecule has 3 heterocycles. The van der Waals surface area contributed by atoms with Gasteiger partial charge in [-0.25, -0.2) is 9.36 Å². The Morgan fingerprint density at radius 3 is 2.52 bits per heavy atom. The smallest absolute Gasteiger partial charge is 0.362 e. The molecule has 4 aromatic rings. The van der Waals surface area contributed by atoms with Crippen molar-refractivity contribution in [1.82, 2.24) is 9.55 Å². The zero-order valence-electron chi connectivity index (χ0n) is 16.9. The van der Waals surface area contributed by atoms with Gasteiger partial charge in [0.25, 0.3) is 6.01 Å². The van der Waals surface area contributed by atoms with Gasteiger partial charge in [0, 0.05) is 0 Å². The van der Waals surface area contributed by atoms with Crippen LogP contribution >= 0.6 is 0 Å². The molecule has 0 amide bonds. The average molecular weight is 410 g/mol. The molecule has 0 saturated carbocycles. The Hall–Kier alpha value is -4.31. The van der Waals surface area contributed by atoms with Gasteiger partial charge in [0.15, 0.2) is 0 Å². The molecule has 2 aromatic heterocycles. The maximum atomic E-state index is 12.9. The lowest BCUT2D eigenvalue weighted by molar-refractivity contribution is 0.455. The fourth-order valence-electron chi connectivity index (χ4n) is 4.06. The number of anilines is 1. The Balaban J connectivity index is 1.92. The number of aromatic nitrogens is 2. The van der Waals surface area contributed by atoms with Crippen LogP contribution in [0, 0.1) is 25.2 Å². The van der Waals surface area contributed by atoms with Gasteiger partial charge >= 0.3 is 5.63 Å². The van der Waals surface area contributed by atoms with E-state index >= 15 is 0 Å². The maximum absolute atomic E-state index is 12.9. The molecule has 1 aliphatic heterocycles. The summed E-state index contributed by atoms with van der Waals surface area (Å²) in [6.45, 7) is 3.90. The molecule has 1 atom stereocenters. The van der Waals surface area contributed by atoms with E-state index in [2.05, 4.69) is 11.1 Å². The van der Waals surface area contributed by atoms with Crippen LogP contribution in [-0.2, 0) is 0 Å². The summed E-state index contributed by atoms with van der Waals surface area (Å²) in [5.41, 5.74) is 9.90. The number of oxazole rings is 2. The first-order chi connectivity index (χ1) is 15.0. The van der Waals surface area contributed by atoms with Crippen molar-refractivity contribution in [3.63, 3.8) is 0 Å². The van der Waals surface area contributed by atoms with Crippen LogP contribution in [0.4, 0.5) is 6.01 Å². The van der Waals surface area contributed by atoms with Crippen molar-refractivity contribution in [2.75, 3.05) is 5.73 Å². The SMILES string of the molecule is Cc1ccccc1/C=c1\c(=O)oc2n1-c1oc(N)nc1[C@@H](c1ccccc1C)C=2C#N. The number of rotatable bonds is 2. The Kier molecular flexibility index (Phi) is 4.15. The lowest BCUT2D eigenvalue weighted by Crippen LogP contribution is -2.35. The second-order valence-corrected chi connectivity index (χ2v) is 7.47. The Morgan fingerprint density at radius 1 is 1.10 bits per heavy atom. The Bertz CT molecular complexity index is 1560. The molecule has 0 radical (unpaired) electrons. The summed E-state index contributed by atoms with van der Waals surface area (Å²) >= 11 is 0. The molecule has 2 N–H and O–H groups in total. The molecular weight excluding hydrogens is 392 g/mol. The van der Waals surface area contributed by atoms with Crippen molar-refractivity contribution in [2.24, 2.45) is 0 Å². The van der Waals surface area contributed by atoms with Crippen molar-refractivity contribution in [3.05, 3.63) is 97.8 Å². The minimum Gasteiger partial charge on any atom is -0.406 e. The summed E-state index contributed by atoms with van der Waals surface area (Å²) in [7, 11) is 0. The highest BCUT2D eigenvalue weighted by atomic mass is 16.4. The Morgan fingerprint density at radius 2 is 1.81 bits per heavy atom. The first kappa shape index (κ1) is 18.7. The van der Waals surface area contributed by atoms with E-state index in [0.717, 1.165) is 22.3 Å². The maximum Gasteiger partial charge on any atom is 0.362 e. The van der Waals surface area contributed by atoms with E-state index in [1.54, 1.807) is 6.08 Å². The zero-order chi connectivity index (χ0) is 21.7. The predicted octanol–water partition coefficient (Wildman–Crippen LogP) is 2.27. The van der Waals surface area contributed by atoms with Crippen molar-refractivity contribution in [3.8, 4) is 12.0 Å². The molecule has 0 aliphatic carbocycles. The molecule has 152 valence electrons. The van der Waals surface area contributed by atoms with Crippen LogP contribution in [0.5, 0.6) is 0 Å². The zero-order valence-corrected chi connectivity index (χ0v) is 16.9. The summed E-state index contributed by atoms with van der Waals surface area (Å²) in [5.74, 6) is -0.274. The molecule has 0 spiro atoms. The minimum atomic E-state index is -0.572. The second-order valence-electron chi connectivity index (χ2n) is 7.47. The number of nitrogen functional groups attached to an aromatic ring is 1. The summed E-state index contributed by atoms with van der Waals surface area (Å²) in [6, 6.07) is 17.5.